The maximum atomic E-state index is 12.3. The van der Waals surface area contributed by atoms with Gasteiger partial charge in [0, 0.05) is 13.6 Å². The van der Waals surface area contributed by atoms with Crippen LogP contribution in [0.3, 0.4) is 0 Å². The largest absolute Gasteiger partial charge is 0.330 e. The van der Waals surface area contributed by atoms with Crippen LogP contribution in [0.25, 0.3) is 11.2 Å². The lowest BCUT2D eigenvalue weighted by atomic mass is 10.3. The van der Waals surface area contributed by atoms with Crippen LogP contribution in [-0.4, -0.2) is 33.8 Å². The highest BCUT2D eigenvalue weighted by Gasteiger charge is 2.23. The summed E-state index contributed by atoms with van der Waals surface area (Å²) in [7, 11) is 1.68. The van der Waals surface area contributed by atoms with E-state index in [0.717, 1.165) is 12.8 Å². The Morgan fingerprint density at radius 3 is 2.56 bits per heavy atom. The van der Waals surface area contributed by atoms with Crippen molar-refractivity contribution in [1.82, 2.24) is 28.9 Å². The molecule has 0 bridgehead atoms. The Labute approximate surface area is 153 Å². The first kappa shape index (κ1) is 18.5. The molecule has 11 nitrogen and oxygen atoms in total. The van der Waals surface area contributed by atoms with Crippen molar-refractivity contribution in [1.29, 1.82) is 0 Å². The van der Waals surface area contributed by atoms with E-state index in [2.05, 4.69) is 15.1 Å². The zero-order chi connectivity index (χ0) is 19.9. The molecule has 144 valence electrons. The smallest absolute Gasteiger partial charge is 0.324 e. The van der Waals surface area contributed by atoms with E-state index >= 15 is 0 Å². The second-order valence-corrected chi connectivity index (χ2v) is 6.46. The summed E-state index contributed by atoms with van der Waals surface area (Å²) in [6.45, 7) is 5.79. The highest BCUT2D eigenvalue weighted by Crippen LogP contribution is 2.22. The van der Waals surface area contributed by atoms with Gasteiger partial charge in [0.1, 0.15) is 17.2 Å². The average molecular weight is 375 g/mol. The molecular formula is C16H21N7O4. The number of aryl methyl sites for hydroxylation is 3. The Balaban J connectivity index is 2.14. The zero-order valence-electron chi connectivity index (χ0n) is 15.6. The molecule has 0 radical (unpaired) electrons. The first-order valence-electron chi connectivity index (χ1n) is 8.63. The number of unbranched alkanes of at least 4 members (excludes halogenated alkanes) is 1. The van der Waals surface area contributed by atoms with Crippen molar-refractivity contribution in [3.05, 3.63) is 48.2 Å². The van der Waals surface area contributed by atoms with Gasteiger partial charge in [0.2, 0.25) is 0 Å². The molecule has 0 aliphatic heterocycles. The Morgan fingerprint density at radius 2 is 1.96 bits per heavy atom. The van der Waals surface area contributed by atoms with Crippen LogP contribution in [0.1, 0.15) is 37.0 Å². The average Bonchev–Trinajstić information content (AvgIpc) is 3.05. The molecule has 0 aromatic carbocycles. The van der Waals surface area contributed by atoms with Gasteiger partial charge in [-0.1, -0.05) is 13.3 Å². The van der Waals surface area contributed by atoms with Gasteiger partial charge in [-0.2, -0.15) is 5.10 Å². The molecule has 3 rings (SSSR count). The van der Waals surface area contributed by atoms with E-state index in [-0.39, 0.29) is 17.7 Å². The van der Waals surface area contributed by atoms with Gasteiger partial charge in [-0.3, -0.25) is 29.1 Å². The summed E-state index contributed by atoms with van der Waals surface area (Å²) in [6.07, 6.45) is 1.67. The highest BCUT2D eigenvalue weighted by atomic mass is 16.6. The number of rotatable bonds is 6. The predicted octanol–water partition coefficient (Wildman–Crippen LogP) is 0.993. The van der Waals surface area contributed by atoms with Gasteiger partial charge in [0.15, 0.2) is 11.2 Å². The maximum absolute atomic E-state index is 12.3. The quantitative estimate of drug-likeness (QED) is 0.504. The van der Waals surface area contributed by atoms with Crippen molar-refractivity contribution in [2.24, 2.45) is 7.05 Å². The number of aromatic nitrogens is 6. The van der Waals surface area contributed by atoms with Crippen molar-refractivity contribution in [2.45, 2.75) is 46.7 Å². The molecular weight excluding hydrogens is 354 g/mol. The molecule has 0 unspecified atom stereocenters. The Kier molecular flexibility index (Phi) is 4.68. The molecule has 0 aliphatic carbocycles. The van der Waals surface area contributed by atoms with Gasteiger partial charge in [-0.05, 0) is 20.3 Å². The third kappa shape index (κ3) is 3.04. The fourth-order valence-electron chi connectivity index (χ4n) is 3.20. The van der Waals surface area contributed by atoms with Crippen LogP contribution in [0, 0.1) is 24.0 Å². The minimum atomic E-state index is -0.511. The van der Waals surface area contributed by atoms with Crippen LogP contribution in [0.15, 0.2) is 9.59 Å². The van der Waals surface area contributed by atoms with Gasteiger partial charge in [-0.25, -0.2) is 9.78 Å². The number of nitrogens with one attached hydrogen (secondary N) is 1. The third-order valence-corrected chi connectivity index (χ3v) is 4.66. The molecule has 0 spiro atoms. The molecule has 0 amide bonds. The van der Waals surface area contributed by atoms with Crippen molar-refractivity contribution in [3.63, 3.8) is 0 Å². The lowest BCUT2D eigenvalue weighted by Gasteiger charge is -2.04. The molecule has 3 aromatic heterocycles. The number of imidazole rings is 1. The van der Waals surface area contributed by atoms with Crippen LogP contribution in [0.5, 0.6) is 0 Å². The van der Waals surface area contributed by atoms with E-state index in [0.29, 0.717) is 29.4 Å². The monoisotopic (exact) mass is 375 g/mol. The van der Waals surface area contributed by atoms with Crippen molar-refractivity contribution >= 4 is 16.9 Å². The molecule has 27 heavy (non-hydrogen) atoms. The van der Waals surface area contributed by atoms with Gasteiger partial charge in [0.05, 0.1) is 11.5 Å². The summed E-state index contributed by atoms with van der Waals surface area (Å²) in [4.78, 5) is 42.0. The lowest BCUT2D eigenvalue weighted by molar-refractivity contribution is -0.386. The third-order valence-electron chi connectivity index (χ3n) is 4.66. The highest BCUT2D eigenvalue weighted by molar-refractivity contribution is 5.70. The summed E-state index contributed by atoms with van der Waals surface area (Å²) < 4.78 is 4.53. The van der Waals surface area contributed by atoms with Crippen LogP contribution < -0.4 is 11.2 Å². The standard InChI is InChI=1S/C16H21N7O4/c1-5-6-7-21-14-13(15(24)18-16(21)25)20(4)11(17-14)8-22-10(3)12(23(26)27)9(2)19-22/h5-8H2,1-4H3,(H,18,24,25). The Morgan fingerprint density at radius 1 is 1.26 bits per heavy atom. The number of hydrogen-bond donors (Lipinski definition) is 1. The van der Waals surface area contributed by atoms with E-state index < -0.39 is 16.2 Å². The SMILES string of the molecule is CCCCn1c(=O)[nH]c(=O)c2c1nc(Cn1nc(C)c([N+](=O)[O-])c1C)n2C. The summed E-state index contributed by atoms with van der Waals surface area (Å²) in [5, 5.41) is 15.4. The van der Waals surface area contributed by atoms with Gasteiger partial charge in [0.25, 0.3) is 5.56 Å². The number of nitrogens with zero attached hydrogens (tertiary/aromatic N) is 6. The minimum Gasteiger partial charge on any atom is -0.324 e. The number of nitro groups is 1. The molecule has 1 N–H and O–H groups in total. The fourth-order valence-corrected chi connectivity index (χ4v) is 3.20. The van der Waals surface area contributed by atoms with E-state index in [1.807, 2.05) is 6.92 Å². The van der Waals surface area contributed by atoms with E-state index in [1.165, 1.54) is 9.25 Å². The van der Waals surface area contributed by atoms with Crippen LogP contribution >= 0.6 is 0 Å². The molecule has 0 atom stereocenters. The Hall–Kier alpha value is -3.24. The first-order chi connectivity index (χ1) is 12.8. The number of hydrogen-bond acceptors (Lipinski definition) is 6. The molecule has 11 heteroatoms. The summed E-state index contributed by atoms with van der Waals surface area (Å²) in [6, 6.07) is 0. The summed E-state index contributed by atoms with van der Waals surface area (Å²) in [5.41, 5.74) is 0.278. The predicted molar refractivity (Wildman–Crippen MR) is 98.0 cm³/mol. The molecule has 0 saturated carbocycles. The topological polar surface area (TPSA) is 134 Å². The maximum Gasteiger partial charge on any atom is 0.330 e. The second kappa shape index (κ2) is 6.82. The van der Waals surface area contributed by atoms with E-state index in [1.54, 1.807) is 25.5 Å². The van der Waals surface area contributed by atoms with E-state index in [9.17, 15) is 19.7 Å². The molecule has 0 fully saturated rings. The van der Waals surface area contributed by atoms with Crippen molar-refractivity contribution in [3.8, 4) is 0 Å². The molecule has 0 saturated heterocycles. The number of fused-ring (bicyclic) bond motifs is 1. The molecule has 3 heterocycles. The number of aromatic amines is 1. The van der Waals surface area contributed by atoms with Gasteiger partial charge < -0.3 is 4.57 Å². The Bertz CT molecular complexity index is 1150. The molecule has 0 aliphatic rings. The lowest BCUT2D eigenvalue weighted by Crippen LogP contribution is -2.31. The van der Waals surface area contributed by atoms with Crippen LogP contribution in [0.4, 0.5) is 5.69 Å². The fraction of sp³-hybridized carbons (Fsp3) is 0.500. The number of H-pyrrole nitrogens is 1. The first-order valence-corrected chi connectivity index (χ1v) is 8.63. The van der Waals surface area contributed by atoms with Gasteiger partial charge >= 0.3 is 11.4 Å². The summed E-state index contributed by atoms with van der Waals surface area (Å²) in [5.74, 6) is 0.479. The van der Waals surface area contributed by atoms with Gasteiger partial charge in [-0.15, -0.1) is 0 Å². The summed E-state index contributed by atoms with van der Waals surface area (Å²) >= 11 is 0. The van der Waals surface area contributed by atoms with Crippen LogP contribution in [0.2, 0.25) is 0 Å². The normalized spacial score (nSPS) is 11.4. The zero-order valence-corrected chi connectivity index (χ0v) is 15.6. The molecule has 3 aromatic rings. The van der Waals surface area contributed by atoms with Crippen LogP contribution in [-0.2, 0) is 20.1 Å². The van der Waals surface area contributed by atoms with E-state index in [4.69, 9.17) is 0 Å². The van der Waals surface area contributed by atoms with Crippen molar-refractivity contribution in [2.75, 3.05) is 0 Å². The minimum absolute atomic E-state index is 0.0357. The van der Waals surface area contributed by atoms with Crippen molar-refractivity contribution < 1.29 is 4.92 Å². The second-order valence-electron chi connectivity index (χ2n) is 6.46.